The maximum Gasteiger partial charge on any atom is 0.303 e. The standard InChI is InChI=1S/C6H10O4/c7-6(8)1-5-2-9-4-10-3-5/h5H,1-4H2,(H,7,8). The number of hydrogen-bond donors (Lipinski definition) is 1. The minimum Gasteiger partial charge on any atom is -0.481 e. The van der Waals surface area contributed by atoms with E-state index in [1.54, 1.807) is 0 Å². The average molecular weight is 146 g/mol. The molecule has 0 aromatic carbocycles. The lowest BCUT2D eigenvalue weighted by Crippen LogP contribution is -2.26. The molecule has 1 fully saturated rings. The first-order chi connectivity index (χ1) is 4.79. The molecule has 0 bridgehead atoms. The van der Waals surface area contributed by atoms with Gasteiger partial charge in [0.25, 0.3) is 0 Å². The summed E-state index contributed by atoms with van der Waals surface area (Å²) in [5, 5.41) is 8.35. The Kier molecular flexibility index (Phi) is 2.65. The van der Waals surface area contributed by atoms with Gasteiger partial charge in [-0.1, -0.05) is 0 Å². The van der Waals surface area contributed by atoms with Crippen LogP contribution in [0.1, 0.15) is 6.42 Å². The molecule has 1 rings (SSSR count). The Morgan fingerprint density at radius 1 is 1.50 bits per heavy atom. The molecule has 0 atom stereocenters. The molecule has 0 saturated carbocycles. The van der Waals surface area contributed by atoms with E-state index in [1.807, 2.05) is 0 Å². The van der Waals surface area contributed by atoms with Crippen molar-refractivity contribution in [2.24, 2.45) is 5.92 Å². The lowest BCUT2D eigenvalue weighted by molar-refractivity contribution is -0.150. The highest BCUT2D eigenvalue weighted by molar-refractivity contribution is 5.67. The molecule has 4 heteroatoms. The fourth-order valence-corrected chi connectivity index (χ4v) is 0.901. The Morgan fingerprint density at radius 3 is 2.60 bits per heavy atom. The Labute approximate surface area is 58.7 Å². The van der Waals surface area contributed by atoms with Gasteiger partial charge in [-0.2, -0.15) is 0 Å². The highest BCUT2D eigenvalue weighted by Gasteiger charge is 2.16. The molecule has 0 aromatic heterocycles. The first kappa shape index (κ1) is 7.50. The first-order valence-electron chi connectivity index (χ1n) is 3.16. The third-order valence-electron chi connectivity index (χ3n) is 1.34. The van der Waals surface area contributed by atoms with E-state index in [1.165, 1.54) is 0 Å². The van der Waals surface area contributed by atoms with Crippen LogP contribution >= 0.6 is 0 Å². The highest BCUT2D eigenvalue weighted by Crippen LogP contribution is 2.08. The lowest BCUT2D eigenvalue weighted by Gasteiger charge is -2.20. The van der Waals surface area contributed by atoms with E-state index in [9.17, 15) is 4.79 Å². The van der Waals surface area contributed by atoms with Crippen LogP contribution in [0.5, 0.6) is 0 Å². The Balaban J connectivity index is 2.19. The molecule has 4 nitrogen and oxygen atoms in total. The van der Waals surface area contributed by atoms with Gasteiger partial charge in [-0.25, -0.2) is 0 Å². The molecular weight excluding hydrogens is 136 g/mol. The number of carboxylic acids is 1. The zero-order valence-electron chi connectivity index (χ0n) is 5.58. The summed E-state index contributed by atoms with van der Waals surface area (Å²) in [5.41, 5.74) is 0. The lowest BCUT2D eigenvalue weighted by atomic mass is 10.1. The monoisotopic (exact) mass is 146 g/mol. The maximum absolute atomic E-state index is 10.2. The van der Waals surface area contributed by atoms with E-state index in [0.29, 0.717) is 20.0 Å². The summed E-state index contributed by atoms with van der Waals surface area (Å²) in [7, 11) is 0. The van der Waals surface area contributed by atoms with Crippen molar-refractivity contribution in [1.82, 2.24) is 0 Å². The minimum absolute atomic E-state index is 0.0336. The van der Waals surface area contributed by atoms with E-state index in [2.05, 4.69) is 0 Å². The van der Waals surface area contributed by atoms with Crippen LogP contribution in [0.2, 0.25) is 0 Å². The van der Waals surface area contributed by atoms with Crippen molar-refractivity contribution in [2.75, 3.05) is 20.0 Å². The quantitative estimate of drug-likeness (QED) is 0.599. The number of carboxylic acid groups (broad SMARTS) is 1. The van der Waals surface area contributed by atoms with Gasteiger partial charge in [-0.05, 0) is 0 Å². The number of carbonyl (C=O) groups is 1. The number of hydrogen-bond acceptors (Lipinski definition) is 3. The molecule has 0 aromatic rings. The number of ether oxygens (including phenoxy) is 2. The fourth-order valence-electron chi connectivity index (χ4n) is 0.901. The number of rotatable bonds is 2. The summed E-state index contributed by atoms with van der Waals surface area (Å²) < 4.78 is 9.79. The second kappa shape index (κ2) is 3.53. The van der Waals surface area contributed by atoms with Crippen molar-refractivity contribution in [1.29, 1.82) is 0 Å². The van der Waals surface area contributed by atoms with Crippen LogP contribution in [-0.4, -0.2) is 31.1 Å². The Bertz CT molecular complexity index is 117. The molecule has 1 aliphatic rings. The van der Waals surface area contributed by atoms with Gasteiger partial charge in [0.2, 0.25) is 0 Å². The molecule has 0 radical (unpaired) electrons. The normalized spacial score (nSPS) is 20.8. The van der Waals surface area contributed by atoms with Gasteiger partial charge in [-0.15, -0.1) is 0 Å². The maximum atomic E-state index is 10.2. The van der Waals surface area contributed by atoms with E-state index in [-0.39, 0.29) is 12.3 Å². The zero-order valence-corrected chi connectivity index (χ0v) is 5.58. The molecule has 1 N–H and O–H groups in total. The second-order valence-electron chi connectivity index (χ2n) is 2.32. The molecule has 0 amide bonds. The van der Waals surface area contributed by atoms with Gasteiger partial charge in [0.1, 0.15) is 6.79 Å². The summed E-state index contributed by atoms with van der Waals surface area (Å²) in [6.07, 6.45) is 0.139. The molecule has 1 heterocycles. The van der Waals surface area contributed by atoms with E-state index < -0.39 is 5.97 Å². The summed E-state index contributed by atoms with van der Waals surface area (Å²) in [6.45, 7) is 1.31. The predicted molar refractivity (Wildman–Crippen MR) is 32.5 cm³/mol. The molecule has 1 saturated heterocycles. The number of aliphatic carboxylic acids is 1. The Morgan fingerprint density at radius 2 is 2.10 bits per heavy atom. The zero-order chi connectivity index (χ0) is 7.40. The average Bonchev–Trinajstić information content (AvgIpc) is 1.88. The van der Waals surface area contributed by atoms with Crippen LogP contribution < -0.4 is 0 Å². The van der Waals surface area contributed by atoms with Crippen LogP contribution in [0.15, 0.2) is 0 Å². The molecule has 0 aliphatic carbocycles. The third kappa shape index (κ3) is 2.33. The van der Waals surface area contributed by atoms with Crippen molar-refractivity contribution >= 4 is 5.97 Å². The predicted octanol–water partition coefficient (Wildman–Crippen LogP) is 0.0816. The smallest absolute Gasteiger partial charge is 0.303 e. The second-order valence-corrected chi connectivity index (χ2v) is 2.32. The van der Waals surface area contributed by atoms with Gasteiger partial charge < -0.3 is 14.6 Å². The van der Waals surface area contributed by atoms with Gasteiger partial charge in [0.05, 0.1) is 19.6 Å². The molecule has 10 heavy (non-hydrogen) atoms. The van der Waals surface area contributed by atoms with E-state index >= 15 is 0 Å². The summed E-state index contributed by atoms with van der Waals surface area (Å²) >= 11 is 0. The fraction of sp³-hybridized carbons (Fsp3) is 0.833. The van der Waals surface area contributed by atoms with Gasteiger partial charge >= 0.3 is 5.97 Å². The van der Waals surface area contributed by atoms with Crippen LogP contribution in [0, 0.1) is 5.92 Å². The Hall–Kier alpha value is -0.610. The van der Waals surface area contributed by atoms with Crippen LogP contribution in [0.3, 0.4) is 0 Å². The minimum atomic E-state index is -0.792. The first-order valence-corrected chi connectivity index (χ1v) is 3.16. The highest BCUT2D eigenvalue weighted by atomic mass is 16.7. The van der Waals surface area contributed by atoms with Gasteiger partial charge in [0, 0.05) is 5.92 Å². The SMILES string of the molecule is O=C(O)CC1COCOC1. The molecule has 58 valence electrons. The van der Waals surface area contributed by atoms with Gasteiger partial charge in [0.15, 0.2) is 0 Å². The van der Waals surface area contributed by atoms with Crippen LogP contribution in [-0.2, 0) is 14.3 Å². The third-order valence-corrected chi connectivity index (χ3v) is 1.34. The van der Waals surface area contributed by atoms with Crippen molar-refractivity contribution in [2.45, 2.75) is 6.42 Å². The summed E-state index contributed by atoms with van der Waals surface area (Å²) in [6, 6.07) is 0. The van der Waals surface area contributed by atoms with Crippen LogP contribution in [0.4, 0.5) is 0 Å². The molecule has 1 aliphatic heterocycles. The van der Waals surface area contributed by atoms with E-state index in [4.69, 9.17) is 14.6 Å². The van der Waals surface area contributed by atoms with Gasteiger partial charge in [-0.3, -0.25) is 4.79 Å². The van der Waals surface area contributed by atoms with Crippen molar-refractivity contribution in [3.05, 3.63) is 0 Å². The van der Waals surface area contributed by atoms with Crippen molar-refractivity contribution in [3.8, 4) is 0 Å². The van der Waals surface area contributed by atoms with E-state index in [0.717, 1.165) is 0 Å². The molecular formula is C6H10O4. The molecule has 0 unspecified atom stereocenters. The molecule has 0 spiro atoms. The largest absolute Gasteiger partial charge is 0.481 e. The van der Waals surface area contributed by atoms with Crippen molar-refractivity contribution < 1.29 is 19.4 Å². The summed E-state index contributed by atoms with van der Waals surface area (Å²) in [5.74, 6) is -0.759. The topological polar surface area (TPSA) is 55.8 Å². The van der Waals surface area contributed by atoms with Crippen molar-refractivity contribution in [3.63, 3.8) is 0 Å². The summed E-state index contributed by atoms with van der Waals surface area (Å²) in [4.78, 5) is 10.2. The van der Waals surface area contributed by atoms with Crippen LogP contribution in [0.25, 0.3) is 0 Å².